The zero-order valence-electron chi connectivity index (χ0n) is 13.9. The molecule has 8 heteroatoms. The first kappa shape index (κ1) is 14.7. The lowest BCUT2D eigenvalue weighted by atomic mass is 9.87. The molecule has 0 aromatic carbocycles. The van der Waals surface area contributed by atoms with E-state index in [9.17, 15) is 4.79 Å². The molecule has 4 N–H and O–H groups in total. The number of piperidine rings is 1. The summed E-state index contributed by atoms with van der Waals surface area (Å²) in [6, 6.07) is 4.17. The molecule has 1 amide bonds. The third kappa shape index (κ3) is 2.43. The second kappa shape index (κ2) is 5.18. The standard InChI is InChI=1S/C17H21N7O/c18-15(25)17-5-3-11(8-17)24(9-17)16-19-6-4-13(21-16)20-14-7-12(22-23-14)10-1-2-10/h4,6-7,10-11H,1-3,5,8-9H2,(H2,18,25)(H2,19,20,21,22,23). The number of hydrogen-bond acceptors (Lipinski definition) is 6. The minimum atomic E-state index is -0.404. The molecule has 3 heterocycles. The van der Waals surface area contributed by atoms with E-state index in [2.05, 4.69) is 30.4 Å². The van der Waals surface area contributed by atoms with Crippen molar-refractivity contribution in [2.45, 2.75) is 44.1 Å². The lowest BCUT2D eigenvalue weighted by molar-refractivity contribution is -0.126. The van der Waals surface area contributed by atoms with Crippen molar-refractivity contribution in [2.75, 3.05) is 16.8 Å². The van der Waals surface area contributed by atoms with Gasteiger partial charge in [-0.2, -0.15) is 10.1 Å². The Labute approximate surface area is 145 Å². The van der Waals surface area contributed by atoms with Crippen molar-refractivity contribution in [3.63, 3.8) is 0 Å². The van der Waals surface area contributed by atoms with Crippen molar-refractivity contribution in [1.82, 2.24) is 20.2 Å². The molecule has 2 aliphatic carbocycles. The molecule has 8 nitrogen and oxygen atoms in total. The van der Waals surface area contributed by atoms with Crippen LogP contribution in [0.3, 0.4) is 0 Å². The average molecular weight is 339 g/mol. The quantitative estimate of drug-likeness (QED) is 0.764. The van der Waals surface area contributed by atoms with Gasteiger partial charge in [0, 0.05) is 36.5 Å². The van der Waals surface area contributed by atoms with Crippen LogP contribution in [0.15, 0.2) is 18.3 Å². The molecule has 1 saturated heterocycles. The fraction of sp³-hybridized carbons (Fsp3) is 0.529. The molecule has 130 valence electrons. The van der Waals surface area contributed by atoms with Crippen LogP contribution in [-0.4, -0.2) is 38.7 Å². The number of amides is 1. The number of rotatable bonds is 5. The highest BCUT2D eigenvalue weighted by molar-refractivity contribution is 5.83. The highest BCUT2D eigenvalue weighted by Crippen LogP contribution is 2.48. The summed E-state index contributed by atoms with van der Waals surface area (Å²) < 4.78 is 0. The van der Waals surface area contributed by atoms with Crippen LogP contribution in [0.2, 0.25) is 0 Å². The molecular weight excluding hydrogens is 318 g/mol. The van der Waals surface area contributed by atoms with E-state index in [-0.39, 0.29) is 5.91 Å². The Morgan fingerprint density at radius 3 is 3.00 bits per heavy atom. The Morgan fingerprint density at radius 1 is 1.36 bits per heavy atom. The number of fused-ring (bicyclic) bond motifs is 2. The van der Waals surface area contributed by atoms with Crippen LogP contribution in [0.25, 0.3) is 0 Å². The molecule has 3 aliphatic rings. The summed E-state index contributed by atoms with van der Waals surface area (Å²) in [6.45, 7) is 0.616. The van der Waals surface area contributed by atoms with E-state index in [0.29, 0.717) is 30.3 Å². The molecule has 2 unspecified atom stereocenters. The number of carbonyl (C=O) groups is 1. The fourth-order valence-electron chi connectivity index (χ4n) is 4.19. The minimum absolute atomic E-state index is 0.198. The molecule has 2 atom stereocenters. The smallest absolute Gasteiger partial charge is 0.227 e. The summed E-state index contributed by atoms with van der Waals surface area (Å²) in [5.41, 5.74) is 6.42. The van der Waals surface area contributed by atoms with Crippen LogP contribution in [0.4, 0.5) is 17.6 Å². The molecule has 2 bridgehead atoms. The van der Waals surface area contributed by atoms with E-state index in [0.717, 1.165) is 25.1 Å². The van der Waals surface area contributed by atoms with E-state index in [1.54, 1.807) is 6.20 Å². The highest BCUT2D eigenvalue weighted by Gasteiger charge is 2.54. The monoisotopic (exact) mass is 339 g/mol. The number of nitrogens with two attached hydrogens (primary N) is 1. The van der Waals surface area contributed by atoms with Crippen LogP contribution < -0.4 is 16.0 Å². The van der Waals surface area contributed by atoms with E-state index >= 15 is 0 Å². The maximum Gasteiger partial charge on any atom is 0.227 e. The van der Waals surface area contributed by atoms with Crippen molar-refractivity contribution < 1.29 is 4.79 Å². The normalized spacial score (nSPS) is 27.7. The fourth-order valence-corrected chi connectivity index (χ4v) is 4.19. The van der Waals surface area contributed by atoms with Crippen LogP contribution in [0.5, 0.6) is 0 Å². The number of aromatic nitrogens is 4. The van der Waals surface area contributed by atoms with Crippen LogP contribution in [0, 0.1) is 5.41 Å². The summed E-state index contributed by atoms with van der Waals surface area (Å²) >= 11 is 0. The molecular formula is C17H21N7O. The topological polar surface area (TPSA) is 113 Å². The van der Waals surface area contributed by atoms with Gasteiger partial charge in [-0.3, -0.25) is 9.89 Å². The van der Waals surface area contributed by atoms with Gasteiger partial charge in [-0.25, -0.2) is 4.98 Å². The number of carbonyl (C=O) groups excluding carboxylic acids is 1. The van der Waals surface area contributed by atoms with Gasteiger partial charge < -0.3 is 16.0 Å². The van der Waals surface area contributed by atoms with Gasteiger partial charge in [-0.15, -0.1) is 0 Å². The first-order valence-electron chi connectivity index (χ1n) is 8.85. The van der Waals surface area contributed by atoms with Crippen LogP contribution >= 0.6 is 0 Å². The summed E-state index contributed by atoms with van der Waals surface area (Å²) in [7, 11) is 0. The number of hydrogen-bond donors (Lipinski definition) is 3. The average Bonchev–Trinajstić information content (AvgIpc) is 3.06. The second-order valence-corrected chi connectivity index (χ2v) is 7.52. The van der Waals surface area contributed by atoms with Crippen molar-refractivity contribution >= 4 is 23.5 Å². The SMILES string of the molecule is NC(=O)C12CCC(C1)N(c1nccc(Nc3cc(C4CC4)[nH]n3)n1)C2. The first-order chi connectivity index (χ1) is 12.1. The van der Waals surface area contributed by atoms with Gasteiger partial charge in [0.2, 0.25) is 11.9 Å². The maximum absolute atomic E-state index is 11.9. The Hall–Kier alpha value is -2.64. The van der Waals surface area contributed by atoms with Crippen LogP contribution in [0.1, 0.15) is 43.7 Å². The summed E-state index contributed by atoms with van der Waals surface area (Å²) in [5, 5.41) is 10.6. The van der Waals surface area contributed by atoms with Crippen molar-refractivity contribution in [2.24, 2.45) is 11.1 Å². The Bertz CT molecular complexity index is 830. The van der Waals surface area contributed by atoms with Crippen LogP contribution in [-0.2, 0) is 4.79 Å². The molecule has 3 fully saturated rings. The Morgan fingerprint density at radius 2 is 2.24 bits per heavy atom. The zero-order valence-corrected chi connectivity index (χ0v) is 13.9. The number of nitrogens with zero attached hydrogens (tertiary/aromatic N) is 4. The molecule has 0 spiro atoms. The molecule has 2 saturated carbocycles. The predicted molar refractivity (Wildman–Crippen MR) is 92.5 cm³/mol. The predicted octanol–water partition coefficient (Wildman–Crippen LogP) is 1.66. The van der Waals surface area contributed by atoms with Gasteiger partial charge in [0.05, 0.1) is 5.41 Å². The van der Waals surface area contributed by atoms with Gasteiger partial charge in [0.15, 0.2) is 5.82 Å². The van der Waals surface area contributed by atoms with E-state index in [4.69, 9.17) is 5.73 Å². The van der Waals surface area contributed by atoms with Gasteiger partial charge >= 0.3 is 0 Å². The molecule has 2 aromatic rings. The van der Waals surface area contributed by atoms with Gasteiger partial charge in [-0.05, 0) is 38.2 Å². The van der Waals surface area contributed by atoms with E-state index < -0.39 is 5.41 Å². The second-order valence-electron chi connectivity index (χ2n) is 7.52. The Balaban J connectivity index is 1.35. The summed E-state index contributed by atoms with van der Waals surface area (Å²) in [6.07, 6.45) is 6.86. The van der Waals surface area contributed by atoms with Crippen molar-refractivity contribution in [1.29, 1.82) is 0 Å². The number of anilines is 3. The molecule has 5 rings (SSSR count). The van der Waals surface area contributed by atoms with Gasteiger partial charge in [-0.1, -0.05) is 0 Å². The zero-order chi connectivity index (χ0) is 17.0. The first-order valence-corrected chi connectivity index (χ1v) is 8.85. The number of nitrogens with one attached hydrogen (secondary N) is 2. The molecule has 2 aromatic heterocycles. The van der Waals surface area contributed by atoms with Gasteiger partial charge in [0.1, 0.15) is 5.82 Å². The minimum Gasteiger partial charge on any atom is -0.369 e. The number of aromatic amines is 1. The molecule has 25 heavy (non-hydrogen) atoms. The third-order valence-electron chi connectivity index (χ3n) is 5.79. The maximum atomic E-state index is 11.9. The van der Waals surface area contributed by atoms with E-state index in [1.807, 2.05) is 12.1 Å². The number of primary amides is 1. The van der Waals surface area contributed by atoms with Crippen molar-refractivity contribution in [3.8, 4) is 0 Å². The Kier molecular flexibility index (Phi) is 3.04. The third-order valence-corrected chi connectivity index (χ3v) is 5.79. The summed E-state index contributed by atoms with van der Waals surface area (Å²) in [5.74, 6) is 2.55. The largest absolute Gasteiger partial charge is 0.369 e. The highest BCUT2D eigenvalue weighted by atomic mass is 16.1. The van der Waals surface area contributed by atoms with Gasteiger partial charge in [0.25, 0.3) is 0 Å². The number of H-pyrrole nitrogens is 1. The molecule has 1 aliphatic heterocycles. The van der Waals surface area contributed by atoms with Crippen molar-refractivity contribution in [3.05, 3.63) is 24.0 Å². The molecule has 0 radical (unpaired) electrons. The lowest BCUT2D eigenvalue weighted by Crippen LogP contribution is -2.42. The lowest BCUT2D eigenvalue weighted by Gasteiger charge is -2.30. The van der Waals surface area contributed by atoms with E-state index in [1.165, 1.54) is 18.5 Å². The summed E-state index contributed by atoms with van der Waals surface area (Å²) in [4.78, 5) is 23.0.